The van der Waals surface area contributed by atoms with E-state index >= 15 is 0 Å². The van der Waals surface area contributed by atoms with Crippen molar-refractivity contribution in [2.24, 2.45) is 0 Å². The highest BCUT2D eigenvalue weighted by atomic mass is 19.2. The number of halogens is 2. The van der Waals surface area contributed by atoms with Gasteiger partial charge in [-0.3, -0.25) is 4.79 Å². The molecule has 0 aromatic heterocycles. The molecule has 1 rings (SSSR count). The first-order chi connectivity index (χ1) is 9.54. The lowest BCUT2D eigenvalue weighted by Crippen LogP contribution is -2.36. The summed E-state index contributed by atoms with van der Waals surface area (Å²) >= 11 is 0. The van der Waals surface area contributed by atoms with Crippen LogP contribution in [0, 0.1) is 11.6 Å². The normalized spacial score (nSPS) is 12.8. The first-order valence-electron chi connectivity index (χ1n) is 6.62. The zero-order valence-electron chi connectivity index (χ0n) is 11.4. The lowest BCUT2D eigenvalue weighted by Gasteiger charge is -2.12. The Morgan fingerprint density at radius 3 is 2.75 bits per heavy atom. The van der Waals surface area contributed by atoms with Crippen LogP contribution in [0.5, 0.6) is 0 Å². The van der Waals surface area contributed by atoms with E-state index in [0.717, 1.165) is 25.0 Å². The van der Waals surface area contributed by atoms with Crippen molar-refractivity contribution in [3.63, 3.8) is 0 Å². The van der Waals surface area contributed by atoms with E-state index in [4.69, 9.17) is 5.11 Å². The van der Waals surface area contributed by atoms with Gasteiger partial charge in [-0.2, -0.15) is 0 Å². The first kappa shape index (κ1) is 16.3. The molecule has 1 atom stereocenters. The molecule has 5 heteroatoms. The van der Waals surface area contributed by atoms with Crippen LogP contribution in [0.3, 0.4) is 0 Å². The van der Waals surface area contributed by atoms with Crippen LogP contribution in [-0.2, 0) is 4.79 Å². The van der Waals surface area contributed by atoms with Crippen molar-refractivity contribution in [3.8, 4) is 0 Å². The Hall–Kier alpha value is -1.75. The molecule has 0 spiro atoms. The van der Waals surface area contributed by atoms with E-state index in [9.17, 15) is 13.6 Å². The maximum absolute atomic E-state index is 13.0. The van der Waals surface area contributed by atoms with Crippen molar-refractivity contribution in [1.82, 2.24) is 5.32 Å². The largest absolute Gasteiger partial charge is 0.480 e. The van der Waals surface area contributed by atoms with E-state index < -0.39 is 23.6 Å². The topological polar surface area (TPSA) is 49.3 Å². The van der Waals surface area contributed by atoms with Crippen LogP contribution in [0.1, 0.15) is 31.7 Å². The van der Waals surface area contributed by atoms with E-state index in [1.54, 1.807) is 12.2 Å². The van der Waals surface area contributed by atoms with E-state index in [0.29, 0.717) is 18.5 Å². The Morgan fingerprint density at radius 1 is 1.40 bits per heavy atom. The smallest absolute Gasteiger partial charge is 0.320 e. The minimum atomic E-state index is -0.897. The number of carboxylic acid groups (broad SMARTS) is 1. The lowest BCUT2D eigenvalue weighted by molar-refractivity contribution is -0.139. The van der Waals surface area contributed by atoms with Crippen LogP contribution in [0.25, 0.3) is 6.08 Å². The van der Waals surface area contributed by atoms with Gasteiger partial charge in [-0.15, -0.1) is 0 Å². The zero-order chi connectivity index (χ0) is 15.0. The SMILES string of the molecule is CCCCC(NC/C=C/c1ccc(F)c(F)c1)C(=O)O. The van der Waals surface area contributed by atoms with Gasteiger partial charge in [0.1, 0.15) is 6.04 Å². The fourth-order valence-corrected chi connectivity index (χ4v) is 1.74. The van der Waals surface area contributed by atoms with Crippen molar-refractivity contribution in [2.75, 3.05) is 6.54 Å². The number of hydrogen-bond donors (Lipinski definition) is 2. The molecule has 3 nitrogen and oxygen atoms in total. The van der Waals surface area contributed by atoms with Gasteiger partial charge in [0.05, 0.1) is 0 Å². The average Bonchev–Trinajstić information content (AvgIpc) is 2.41. The van der Waals surface area contributed by atoms with Gasteiger partial charge < -0.3 is 10.4 Å². The van der Waals surface area contributed by atoms with Crippen molar-refractivity contribution < 1.29 is 18.7 Å². The predicted molar refractivity (Wildman–Crippen MR) is 74.3 cm³/mol. The van der Waals surface area contributed by atoms with Gasteiger partial charge in [-0.1, -0.05) is 38.0 Å². The molecule has 1 aromatic rings. The molecule has 0 aliphatic heterocycles. The third kappa shape index (κ3) is 5.48. The Morgan fingerprint density at radius 2 is 2.15 bits per heavy atom. The summed E-state index contributed by atoms with van der Waals surface area (Å²) in [7, 11) is 0. The van der Waals surface area contributed by atoms with Crippen LogP contribution < -0.4 is 5.32 Å². The van der Waals surface area contributed by atoms with Gasteiger partial charge in [0.2, 0.25) is 0 Å². The molecule has 0 heterocycles. The quantitative estimate of drug-likeness (QED) is 0.770. The molecule has 1 aromatic carbocycles. The second kappa shape index (κ2) is 8.43. The molecular weight excluding hydrogens is 264 g/mol. The molecular formula is C15H19F2NO2. The summed E-state index contributed by atoms with van der Waals surface area (Å²) < 4.78 is 25.7. The van der Waals surface area contributed by atoms with Crippen molar-refractivity contribution in [1.29, 1.82) is 0 Å². The Bertz CT molecular complexity index is 475. The first-order valence-corrected chi connectivity index (χ1v) is 6.62. The highest BCUT2D eigenvalue weighted by molar-refractivity contribution is 5.73. The monoisotopic (exact) mass is 283 g/mol. The molecule has 0 aliphatic rings. The number of nitrogens with one attached hydrogen (secondary N) is 1. The van der Waals surface area contributed by atoms with E-state index in [2.05, 4.69) is 5.32 Å². The molecule has 0 radical (unpaired) electrons. The number of benzene rings is 1. The minimum absolute atomic E-state index is 0.361. The number of carboxylic acids is 1. The summed E-state index contributed by atoms with van der Waals surface area (Å²) in [5.74, 6) is -2.66. The van der Waals surface area contributed by atoms with Crippen molar-refractivity contribution in [3.05, 3.63) is 41.5 Å². The molecule has 0 fully saturated rings. The van der Waals surface area contributed by atoms with Gasteiger partial charge in [0, 0.05) is 6.54 Å². The van der Waals surface area contributed by atoms with Crippen molar-refractivity contribution >= 4 is 12.0 Å². The fourth-order valence-electron chi connectivity index (χ4n) is 1.74. The van der Waals surface area contributed by atoms with Gasteiger partial charge in [-0.25, -0.2) is 8.78 Å². The maximum Gasteiger partial charge on any atom is 0.320 e. The maximum atomic E-state index is 13.0. The summed E-state index contributed by atoms with van der Waals surface area (Å²) in [4.78, 5) is 11.0. The molecule has 2 N–H and O–H groups in total. The van der Waals surface area contributed by atoms with Crippen LogP contribution in [-0.4, -0.2) is 23.7 Å². The van der Waals surface area contributed by atoms with E-state index in [1.807, 2.05) is 6.92 Å². The molecule has 20 heavy (non-hydrogen) atoms. The Kier molecular flexibility index (Phi) is 6.87. The molecule has 0 saturated carbocycles. The third-order valence-corrected chi connectivity index (χ3v) is 2.88. The standard InChI is InChI=1S/C15H19F2NO2/c1-2-3-6-14(15(19)20)18-9-4-5-11-7-8-12(16)13(17)10-11/h4-5,7-8,10,14,18H,2-3,6,9H2,1H3,(H,19,20)/b5-4+. The zero-order valence-corrected chi connectivity index (χ0v) is 11.4. The van der Waals surface area contributed by atoms with Crippen LogP contribution in [0.2, 0.25) is 0 Å². The van der Waals surface area contributed by atoms with Crippen molar-refractivity contribution in [2.45, 2.75) is 32.2 Å². The molecule has 0 bridgehead atoms. The van der Waals surface area contributed by atoms with E-state index in [-0.39, 0.29) is 0 Å². The third-order valence-electron chi connectivity index (χ3n) is 2.88. The molecule has 0 aliphatic carbocycles. The molecule has 0 saturated heterocycles. The van der Waals surface area contributed by atoms with Gasteiger partial charge in [-0.05, 0) is 24.1 Å². The van der Waals surface area contributed by atoms with Crippen LogP contribution in [0.15, 0.2) is 24.3 Å². The fraction of sp³-hybridized carbons (Fsp3) is 0.400. The number of hydrogen-bond acceptors (Lipinski definition) is 2. The summed E-state index contributed by atoms with van der Waals surface area (Å²) in [6, 6.07) is 3.03. The van der Waals surface area contributed by atoms with Gasteiger partial charge in [0.25, 0.3) is 0 Å². The number of aliphatic carboxylic acids is 1. The highest BCUT2D eigenvalue weighted by Gasteiger charge is 2.14. The average molecular weight is 283 g/mol. The van der Waals surface area contributed by atoms with Crippen LogP contribution >= 0.6 is 0 Å². The number of carbonyl (C=O) groups is 1. The number of unbranched alkanes of at least 4 members (excludes halogenated alkanes) is 1. The second-order valence-corrected chi connectivity index (χ2v) is 4.52. The predicted octanol–water partition coefficient (Wildman–Crippen LogP) is 3.21. The summed E-state index contributed by atoms with van der Waals surface area (Å²) in [6.45, 7) is 2.36. The van der Waals surface area contributed by atoms with Crippen LogP contribution in [0.4, 0.5) is 8.78 Å². The molecule has 0 amide bonds. The number of rotatable bonds is 8. The van der Waals surface area contributed by atoms with E-state index in [1.165, 1.54) is 6.07 Å². The lowest BCUT2D eigenvalue weighted by atomic mass is 10.1. The summed E-state index contributed by atoms with van der Waals surface area (Å²) in [5.41, 5.74) is 0.533. The Balaban J connectivity index is 2.46. The van der Waals surface area contributed by atoms with Gasteiger partial charge >= 0.3 is 5.97 Å². The second-order valence-electron chi connectivity index (χ2n) is 4.52. The molecule has 110 valence electrons. The minimum Gasteiger partial charge on any atom is -0.480 e. The summed E-state index contributed by atoms with van der Waals surface area (Å²) in [6.07, 6.45) is 5.67. The summed E-state index contributed by atoms with van der Waals surface area (Å²) in [5, 5.41) is 11.9. The highest BCUT2D eigenvalue weighted by Crippen LogP contribution is 2.09. The van der Waals surface area contributed by atoms with Gasteiger partial charge in [0.15, 0.2) is 11.6 Å². The Labute approximate surface area is 117 Å². The molecule has 1 unspecified atom stereocenters.